The van der Waals surface area contributed by atoms with E-state index in [0.29, 0.717) is 13.2 Å². The molecule has 0 rings (SSSR count). The summed E-state index contributed by atoms with van der Waals surface area (Å²) >= 11 is 0. The van der Waals surface area contributed by atoms with Gasteiger partial charge in [0.15, 0.2) is 0 Å². The fourth-order valence-corrected chi connectivity index (χ4v) is 1.16. The van der Waals surface area contributed by atoms with E-state index in [1.54, 1.807) is 0 Å². The van der Waals surface area contributed by atoms with Crippen molar-refractivity contribution in [2.24, 2.45) is 0 Å². The van der Waals surface area contributed by atoms with Gasteiger partial charge in [-0.25, -0.2) is 0 Å². The van der Waals surface area contributed by atoms with Crippen LogP contribution in [0.2, 0.25) is 0 Å². The van der Waals surface area contributed by atoms with Crippen molar-refractivity contribution in [1.29, 1.82) is 0 Å². The third kappa shape index (κ3) is 9.13. The maximum absolute atomic E-state index is 5.64. The molecule has 0 heterocycles. The summed E-state index contributed by atoms with van der Waals surface area (Å²) in [5, 5.41) is 3.49. The lowest BCUT2D eigenvalue weighted by Gasteiger charge is -2.26. The molecular formula is C13H29NO2. The Balaban J connectivity index is 3.41. The summed E-state index contributed by atoms with van der Waals surface area (Å²) in [5.74, 6) is 0. The minimum absolute atomic E-state index is 0.205. The van der Waals surface area contributed by atoms with Crippen LogP contribution in [0.15, 0.2) is 0 Å². The van der Waals surface area contributed by atoms with E-state index < -0.39 is 0 Å². The van der Waals surface area contributed by atoms with E-state index in [2.05, 4.69) is 39.9 Å². The quantitative estimate of drug-likeness (QED) is 0.586. The van der Waals surface area contributed by atoms with Crippen LogP contribution in [0.25, 0.3) is 0 Å². The fraction of sp³-hybridized carbons (Fsp3) is 1.00. The third-order valence-corrected chi connectivity index (χ3v) is 2.73. The van der Waals surface area contributed by atoms with Gasteiger partial charge in [0.2, 0.25) is 0 Å². The molecule has 0 aromatic heterocycles. The first-order chi connectivity index (χ1) is 7.52. The van der Waals surface area contributed by atoms with Gasteiger partial charge >= 0.3 is 0 Å². The zero-order chi connectivity index (χ0) is 12.4. The van der Waals surface area contributed by atoms with Crippen LogP contribution >= 0.6 is 0 Å². The van der Waals surface area contributed by atoms with Gasteiger partial charge in [0.1, 0.15) is 0 Å². The Labute approximate surface area is 101 Å². The zero-order valence-electron chi connectivity index (χ0n) is 11.6. The van der Waals surface area contributed by atoms with E-state index in [-0.39, 0.29) is 11.6 Å². The molecule has 0 bridgehead atoms. The maximum Gasteiger partial charge on any atom is 0.0704 e. The Morgan fingerprint density at radius 1 is 1.12 bits per heavy atom. The first-order valence-electron chi connectivity index (χ1n) is 6.46. The number of ether oxygens (including phenoxy) is 2. The number of nitrogens with one attached hydrogen (secondary N) is 1. The van der Waals surface area contributed by atoms with Crippen LogP contribution in [0, 0.1) is 0 Å². The highest BCUT2D eigenvalue weighted by Crippen LogP contribution is 2.06. The second kappa shape index (κ2) is 8.97. The summed E-state index contributed by atoms with van der Waals surface area (Å²) in [4.78, 5) is 0. The summed E-state index contributed by atoms with van der Waals surface area (Å²) in [6.45, 7) is 13.9. The van der Waals surface area contributed by atoms with Gasteiger partial charge in [-0.2, -0.15) is 0 Å². The van der Waals surface area contributed by atoms with Gasteiger partial charge in [0, 0.05) is 18.7 Å². The van der Waals surface area contributed by atoms with Crippen LogP contribution in [0.5, 0.6) is 0 Å². The van der Waals surface area contributed by atoms with Crippen LogP contribution in [0.4, 0.5) is 0 Å². The van der Waals surface area contributed by atoms with Crippen LogP contribution in [-0.4, -0.2) is 38.0 Å². The molecule has 0 radical (unpaired) electrons. The average molecular weight is 231 g/mol. The lowest BCUT2D eigenvalue weighted by atomic mass is 10.0. The summed E-state index contributed by atoms with van der Waals surface area (Å²) in [7, 11) is 0. The van der Waals surface area contributed by atoms with E-state index >= 15 is 0 Å². The highest BCUT2D eigenvalue weighted by Gasteiger charge is 2.14. The largest absolute Gasteiger partial charge is 0.379 e. The molecule has 0 fully saturated rings. The second-order valence-corrected chi connectivity index (χ2v) is 4.91. The average Bonchev–Trinajstić information content (AvgIpc) is 2.26. The number of hydrogen-bond donors (Lipinski definition) is 1. The predicted molar refractivity (Wildman–Crippen MR) is 68.9 cm³/mol. The van der Waals surface area contributed by atoms with E-state index in [4.69, 9.17) is 9.47 Å². The highest BCUT2D eigenvalue weighted by atomic mass is 16.5. The predicted octanol–water partition coefficient (Wildman–Crippen LogP) is 2.60. The van der Waals surface area contributed by atoms with Gasteiger partial charge in [-0.3, -0.25) is 0 Å². The molecule has 0 saturated carbocycles. The van der Waals surface area contributed by atoms with Crippen LogP contribution in [0.1, 0.15) is 47.5 Å². The molecule has 1 unspecified atom stereocenters. The third-order valence-electron chi connectivity index (χ3n) is 2.73. The molecular weight excluding hydrogens is 202 g/mol. The first kappa shape index (κ1) is 15.9. The molecule has 0 aromatic rings. The van der Waals surface area contributed by atoms with E-state index in [0.717, 1.165) is 26.0 Å². The van der Waals surface area contributed by atoms with Crippen molar-refractivity contribution < 1.29 is 9.47 Å². The molecule has 3 nitrogen and oxygen atoms in total. The topological polar surface area (TPSA) is 30.5 Å². The Kier molecular flexibility index (Phi) is 8.90. The van der Waals surface area contributed by atoms with Gasteiger partial charge in [0.25, 0.3) is 0 Å². The Bertz CT molecular complexity index is 160. The molecule has 3 heteroatoms. The standard InChI is InChI=1S/C13H29NO2/c1-6-8-15-9-10-16-12(3)11-14-13(4,5)7-2/h12,14H,6-11H2,1-5H3. The molecule has 0 aliphatic heterocycles. The van der Waals surface area contributed by atoms with Gasteiger partial charge in [-0.15, -0.1) is 0 Å². The van der Waals surface area contributed by atoms with Crippen molar-refractivity contribution in [3.05, 3.63) is 0 Å². The van der Waals surface area contributed by atoms with Crippen molar-refractivity contribution in [3.8, 4) is 0 Å². The Morgan fingerprint density at radius 3 is 2.38 bits per heavy atom. The maximum atomic E-state index is 5.64. The SMILES string of the molecule is CCCOCCOC(C)CNC(C)(C)CC. The van der Waals surface area contributed by atoms with Crippen molar-refractivity contribution in [2.75, 3.05) is 26.4 Å². The second-order valence-electron chi connectivity index (χ2n) is 4.91. The molecule has 1 atom stereocenters. The van der Waals surface area contributed by atoms with Gasteiger partial charge in [-0.1, -0.05) is 13.8 Å². The molecule has 0 aromatic carbocycles. The van der Waals surface area contributed by atoms with Crippen LogP contribution < -0.4 is 5.32 Å². The zero-order valence-corrected chi connectivity index (χ0v) is 11.6. The lowest BCUT2D eigenvalue weighted by molar-refractivity contribution is 0.0105. The minimum atomic E-state index is 0.205. The van der Waals surface area contributed by atoms with Crippen LogP contribution in [0.3, 0.4) is 0 Å². The van der Waals surface area contributed by atoms with Gasteiger partial charge in [-0.05, 0) is 33.6 Å². The van der Waals surface area contributed by atoms with Crippen molar-refractivity contribution in [2.45, 2.75) is 59.1 Å². The molecule has 0 spiro atoms. The Hall–Kier alpha value is -0.120. The van der Waals surface area contributed by atoms with Crippen LogP contribution in [-0.2, 0) is 9.47 Å². The van der Waals surface area contributed by atoms with Crippen molar-refractivity contribution in [3.63, 3.8) is 0 Å². The normalized spacial score (nSPS) is 14.1. The summed E-state index contributed by atoms with van der Waals surface area (Å²) in [5.41, 5.74) is 0.205. The van der Waals surface area contributed by atoms with Gasteiger partial charge in [0.05, 0.1) is 19.3 Å². The highest BCUT2D eigenvalue weighted by molar-refractivity contribution is 4.76. The van der Waals surface area contributed by atoms with E-state index in [9.17, 15) is 0 Å². The first-order valence-corrected chi connectivity index (χ1v) is 6.46. The van der Waals surface area contributed by atoms with E-state index in [1.807, 2.05) is 0 Å². The number of rotatable bonds is 10. The molecule has 1 N–H and O–H groups in total. The molecule has 98 valence electrons. The minimum Gasteiger partial charge on any atom is -0.379 e. The molecule has 0 aliphatic carbocycles. The summed E-state index contributed by atoms with van der Waals surface area (Å²) in [6, 6.07) is 0. The summed E-state index contributed by atoms with van der Waals surface area (Å²) < 4.78 is 11.0. The van der Waals surface area contributed by atoms with Gasteiger partial charge < -0.3 is 14.8 Å². The molecule has 0 saturated heterocycles. The smallest absolute Gasteiger partial charge is 0.0704 e. The molecule has 0 amide bonds. The number of hydrogen-bond acceptors (Lipinski definition) is 3. The Morgan fingerprint density at radius 2 is 1.81 bits per heavy atom. The van der Waals surface area contributed by atoms with E-state index in [1.165, 1.54) is 0 Å². The summed E-state index contributed by atoms with van der Waals surface area (Å²) in [6.07, 6.45) is 2.44. The lowest BCUT2D eigenvalue weighted by Crippen LogP contribution is -2.42. The molecule has 0 aliphatic rings. The fourth-order valence-electron chi connectivity index (χ4n) is 1.16. The van der Waals surface area contributed by atoms with Crippen molar-refractivity contribution >= 4 is 0 Å². The molecule has 16 heavy (non-hydrogen) atoms. The van der Waals surface area contributed by atoms with Crippen molar-refractivity contribution in [1.82, 2.24) is 5.32 Å². The monoisotopic (exact) mass is 231 g/mol.